The Morgan fingerprint density at radius 3 is 2.17 bits per heavy atom. The van der Waals surface area contributed by atoms with Crippen LogP contribution in [0.1, 0.15) is 74.2 Å². The molecule has 0 aliphatic carbocycles. The average molecular weight is 523 g/mol. The summed E-state index contributed by atoms with van der Waals surface area (Å²) in [4.78, 5) is 12.5. The van der Waals surface area contributed by atoms with Crippen LogP contribution in [0, 0.1) is 23.2 Å². The Kier molecular flexibility index (Phi) is 10.2. The lowest BCUT2D eigenvalue weighted by Crippen LogP contribution is -2.52. The highest BCUT2D eigenvalue weighted by Crippen LogP contribution is 2.42. The second kappa shape index (κ2) is 12.0. The minimum absolute atomic E-state index is 0.0125. The molecule has 0 aromatic heterocycles. The van der Waals surface area contributed by atoms with Crippen LogP contribution in [-0.2, 0) is 23.4 Å². The van der Waals surface area contributed by atoms with Crippen LogP contribution >= 0.6 is 0 Å². The summed E-state index contributed by atoms with van der Waals surface area (Å²) < 4.78 is 30.7. The Hall–Kier alpha value is -1.41. The smallest absolute Gasteiger partial charge is 0.311 e. The van der Waals surface area contributed by atoms with E-state index in [0.29, 0.717) is 13.2 Å². The monoisotopic (exact) mass is 522 g/mol. The molecular weight excluding hydrogens is 472 g/mol. The normalized spacial score (nSPS) is 24.1. The molecule has 0 unspecified atom stereocenters. The van der Waals surface area contributed by atoms with Crippen molar-refractivity contribution in [2.45, 2.75) is 98.9 Å². The van der Waals surface area contributed by atoms with Gasteiger partial charge in [-0.15, -0.1) is 0 Å². The topological polar surface area (TPSA) is 63.2 Å². The third kappa shape index (κ3) is 7.79. The van der Waals surface area contributed by atoms with Gasteiger partial charge >= 0.3 is 5.97 Å². The van der Waals surface area contributed by atoms with Crippen LogP contribution in [0.25, 0.3) is 0 Å². The van der Waals surface area contributed by atoms with Crippen LogP contribution in [0.2, 0.25) is 18.1 Å². The summed E-state index contributed by atoms with van der Waals surface area (Å²) in [5, 5.41) is 0.0561. The van der Waals surface area contributed by atoms with Crippen molar-refractivity contribution >= 4 is 14.3 Å². The van der Waals surface area contributed by atoms with Crippen molar-refractivity contribution in [3.8, 4) is 5.75 Å². The van der Waals surface area contributed by atoms with E-state index in [0.717, 1.165) is 11.3 Å². The maximum absolute atomic E-state index is 12.5. The van der Waals surface area contributed by atoms with E-state index in [1.165, 1.54) is 0 Å². The minimum Gasteiger partial charge on any atom is -0.497 e. The molecule has 0 bridgehead atoms. The van der Waals surface area contributed by atoms with E-state index < -0.39 is 20.0 Å². The van der Waals surface area contributed by atoms with Crippen molar-refractivity contribution < 1.29 is 28.2 Å². The first kappa shape index (κ1) is 30.8. The lowest BCUT2D eigenvalue weighted by atomic mass is 9.84. The zero-order valence-electron chi connectivity index (χ0n) is 24.6. The quantitative estimate of drug-likeness (QED) is 0.257. The molecule has 2 rings (SSSR count). The van der Waals surface area contributed by atoms with Crippen molar-refractivity contribution in [2.24, 2.45) is 23.2 Å². The Balaban J connectivity index is 2.28. The van der Waals surface area contributed by atoms with Gasteiger partial charge in [-0.2, -0.15) is 0 Å². The lowest BCUT2D eigenvalue weighted by molar-refractivity contribution is -0.257. The number of carbonyl (C=O) groups is 1. The van der Waals surface area contributed by atoms with Crippen LogP contribution in [0.15, 0.2) is 24.3 Å². The zero-order valence-corrected chi connectivity index (χ0v) is 25.6. The van der Waals surface area contributed by atoms with Gasteiger partial charge in [0, 0.05) is 23.3 Å². The Labute approximate surface area is 220 Å². The number of ether oxygens (including phenoxy) is 4. The highest BCUT2D eigenvalue weighted by Gasteiger charge is 2.45. The van der Waals surface area contributed by atoms with Gasteiger partial charge in [0.2, 0.25) is 0 Å². The van der Waals surface area contributed by atoms with E-state index >= 15 is 0 Å². The highest BCUT2D eigenvalue weighted by molar-refractivity contribution is 6.74. The molecule has 0 saturated carbocycles. The number of methoxy groups -OCH3 is 1. The molecule has 0 amide bonds. The molecule has 1 aromatic carbocycles. The summed E-state index contributed by atoms with van der Waals surface area (Å²) >= 11 is 0. The van der Waals surface area contributed by atoms with Crippen LogP contribution < -0.4 is 4.74 Å². The van der Waals surface area contributed by atoms with Gasteiger partial charge in [0.1, 0.15) is 5.75 Å². The SMILES string of the molecule is COc1ccc([C@@H]2OC[C@H](C)[C@H]([C@H](C)[C@@H](O[Si](C)(C)C(C)(C)C)[C@@H](C)COC(=O)C(C)(C)C)O2)cc1. The van der Waals surface area contributed by atoms with Crippen LogP contribution in [0.4, 0.5) is 0 Å². The van der Waals surface area contributed by atoms with Crippen LogP contribution in [0.3, 0.4) is 0 Å². The molecule has 1 fully saturated rings. The van der Waals surface area contributed by atoms with Crippen molar-refractivity contribution in [3.63, 3.8) is 0 Å². The number of esters is 1. The van der Waals surface area contributed by atoms with Gasteiger partial charge in [-0.1, -0.05) is 53.7 Å². The summed E-state index contributed by atoms with van der Waals surface area (Å²) in [5.41, 5.74) is 0.430. The molecule has 0 radical (unpaired) electrons. The predicted molar refractivity (Wildman–Crippen MR) is 147 cm³/mol. The lowest BCUT2D eigenvalue weighted by Gasteiger charge is -2.46. The summed E-state index contributed by atoms with van der Waals surface area (Å²) in [6, 6.07) is 7.82. The third-order valence-corrected chi connectivity index (χ3v) is 12.1. The Bertz CT molecular complexity index is 839. The minimum atomic E-state index is -2.10. The van der Waals surface area contributed by atoms with Gasteiger partial charge in [0.25, 0.3) is 0 Å². The number of hydrogen-bond donors (Lipinski definition) is 0. The van der Waals surface area contributed by atoms with E-state index in [-0.39, 0.29) is 41.0 Å². The Morgan fingerprint density at radius 1 is 1.08 bits per heavy atom. The van der Waals surface area contributed by atoms with Gasteiger partial charge in [-0.25, -0.2) is 0 Å². The van der Waals surface area contributed by atoms with Gasteiger partial charge in [-0.3, -0.25) is 4.79 Å². The summed E-state index contributed by atoms with van der Waals surface area (Å²) in [7, 11) is -0.447. The molecule has 7 heteroatoms. The summed E-state index contributed by atoms with van der Waals surface area (Å²) in [6.45, 7) is 24.3. The number of carbonyl (C=O) groups excluding carboxylic acids is 1. The van der Waals surface area contributed by atoms with Crippen molar-refractivity contribution in [3.05, 3.63) is 29.8 Å². The first-order valence-corrected chi connectivity index (χ1v) is 16.1. The first-order valence-electron chi connectivity index (χ1n) is 13.2. The van der Waals surface area contributed by atoms with Gasteiger partial charge in [0.05, 0.1) is 37.9 Å². The highest BCUT2D eigenvalue weighted by atomic mass is 28.4. The molecule has 1 aliphatic heterocycles. The molecule has 0 N–H and O–H groups in total. The Morgan fingerprint density at radius 2 is 1.67 bits per heavy atom. The zero-order chi connectivity index (χ0) is 27.5. The fraction of sp³-hybridized carbons (Fsp3) is 0.759. The fourth-order valence-electron chi connectivity index (χ4n) is 4.19. The fourth-order valence-corrected chi connectivity index (χ4v) is 5.67. The predicted octanol–water partition coefficient (Wildman–Crippen LogP) is 7.00. The molecule has 36 heavy (non-hydrogen) atoms. The van der Waals surface area contributed by atoms with Crippen LogP contribution in [0.5, 0.6) is 5.75 Å². The van der Waals surface area contributed by atoms with E-state index in [1.54, 1.807) is 7.11 Å². The van der Waals surface area contributed by atoms with Gasteiger partial charge in [-0.05, 0) is 51.0 Å². The molecule has 206 valence electrons. The van der Waals surface area contributed by atoms with E-state index in [2.05, 4.69) is 54.6 Å². The molecular formula is C29H50O6Si. The maximum Gasteiger partial charge on any atom is 0.311 e. The van der Waals surface area contributed by atoms with Crippen molar-refractivity contribution in [1.82, 2.24) is 0 Å². The second-order valence-corrected chi connectivity index (χ2v) is 17.8. The van der Waals surface area contributed by atoms with Gasteiger partial charge < -0.3 is 23.4 Å². The number of hydrogen-bond acceptors (Lipinski definition) is 6. The van der Waals surface area contributed by atoms with Crippen molar-refractivity contribution in [2.75, 3.05) is 20.3 Å². The molecule has 1 aliphatic rings. The summed E-state index contributed by atoms with van der Waals surface area (Å²) in [6.07, 6.45) is -0.635. The maximum atomic E-state index is 12.5. The summed E-state index contributed by atoms with van der Waals surface area (Å²) in [5.74, 6) is 0.891. The molecule has 1 heterocycles. The molecule has 1 aromatic rings. The van der Waals surface area contributed by atoms with Gasteiger partial charge in [0.15, 0.2) is 14.6 Å². The molecule has 0 spiro atoms. The van der Waals surface area contributed by atoms with E-state index in [4.69, 9.17) is 23.4 Å². The largest absolute Gasteiger partial charge is 0.497 e. The number of benzene rings is 1. The average Bonchev–Trinajstić information content (AvgIpc) is 2.79. The van der Waals surface area contributed by atoms with E-state index in [9.17, 15) is 4.79 Å². The third-order valence-electron chi connectivity index (χ3n) is 7.66. The van der Waals surface area contributed by atoms with E-state index in [1.807, 2.05) is 45.0 Å². The molecule has 1 saturated heterocycles. The van der Waals surface area contributed by atoms with Crippen LogP contribution in [-0.4, -0.2) is 46.8 Å². The molecule has 6 atom stereocenters. The standard InChI is InChI=1S/C29H50O6Si/c1-19-17-32-26(22-13-15-23(31-10)16-14-22)34-24(19)21(3)25(35-36(11,12)29(7,8)9)20(2)18-33-27(30)28(4,5)6/h13-16,19-21,24-26H,17-18H2,1-12H3/t19-,20-,21-,24+,25-,26+/m0/s1. The first-order chi connectivity index (χ1) is 16.5. The second-order valence-electron chi connectivity index (χ2n) is 13.0. The molecule has 6 nitrogen and oxygen atoms in total. The van der Waals surface area contributed by atoms with Crippen molar-refractivity contribution in [1.29, 1.82) is 0 Å². The number of rotatable bonds is 9.